The summed E-state index contributed by atoms with van der Waals surface area (Å²) in [7, 11) is 0. The molecular formula is C33H41N. The summed E-state index contributed by atoms with van der Waals surface area (Å²) in [5.74, 6) is 3.58. The third-order valence-electron chi connectivity index (χ3n) is 6.96. The van der Waals surface area contributed by atoms with Crippen molar-refractivity contribution in [1.82, 2.24) is 4.90 Å². The monoisotopic (exact) mass is 451 g/mol. The number of allylic oxidation sites excluding steroid dienone is 6. The highest BCUT2D eigenvalue weighted by molar-refractivity contribution is 5.84. The van der Waals surface area contributed by atoms with Crippen LogP contribution in [0.4, 0.5) is 0 Å². The van der Waals surface area contributed by atoms with E-state index in [1.807, 2.05) is 0 Å². The van der Waals surface area contributed by atoms with Gasteiger partial charge in [-0.2, -0.15) is 0 Å². The summed E-state index contributed by atoms with van der Waals surface area (Å²) < 4.78 is 0. The van der Waals surface area contributed by atoms with Crippen LogP contribution in [0, 0.1) is 18.3 Å². The first-order valence-electron chi connectivity index (χ1n) is 13.0. The Morgan fingerprint density at radius 1 is 0.912 bits per heavy atom. The number of hydrogen-bond acceptors (Lipinski definition) is 1. The normalized spacial score (nSPS) is 15.1. The van der Waals surface area contributed by atoms with Crippen molar-refractivity contribution in [2.75, 3.05) is 13.1 Å². The molecule has 0 heterocycles. The first-order chi connectivity index (χ1) is 16.5. The second-order valence-electron chi connectivity index (χ2n) is 9.69. The zero-order valence-electron chi connectivity index (χ0n) is 21.6. The Morgan fingerprint density at radius 2 is 1.59 bits per heavy atom. The number of nitrogens with zero attached hydrogens (tertiary/aromatic N) is 1. The van der Waals surface area contributed by atoms with E-state index >= 15 is 0 Å². The minimum Gasteiger partial charge on any atom is -0.297 e. The molecule has 0 aliphatic heterocycles. The molecule has 3 rings (SSSR count). The maximum absolute atomic E-state index is 6.12. The average molecular weight is 452 g/mol. The van der Waals surface area contributed by atoms with Gasteiger partial charge in [0, 0.05) is 11.6 Å². The zero-order chi connectivity index (χ0) is 24.3. The van der Waals surface area contributed by atoms with Crippen LogP contribution in [0.3, 0.4) is 0 Å². The second-order valence-corrected chi connectivity index (χ2v) is 9.69. The Kier molecular flexibility index (Phi) is 9.99. The lowest BCUT2D eigenvalue weighted by Gasteiger charge is -2.29. The van der Waals surface area contributed by atoms with Crippen molar-refractivity contribution >= 4 is 5.57 Å². The van der Waals surface area contributed by atoms with E-state index in [-0.39, 0.29) is 0 Å². The molecule has 0 fully saturated rings. The lowest BCUT2D eigenvalue weighted by Crippen LogP contribution is -2.29. The minimum absolute atomic E-state index is 0.446. The third kappa shape index (κ3) is 6.85. The van der Waals surface area contributed by atoms with Crippen LogP contribution in [0.1, 0.15) is 77.0 Å². The van der Waals surface area contributed by atoms with E-state index < -0.39 is 0 Å². The highest BCUT2D eigenvalue weighted by Gasteiger charge is 2.18. The Bertz CT molecular complexity index is 1030. The highest BCUT2D eigenvalue weighted by Crippen LogP contribution is 2.34. The predicted octanol–water partition coefficient (Wildman–Crippen LogP) is 8.63. The largest absolute Gasteiger partial charge is 0.297 e. The van der Waals surface area contributed by atoms with Crippen LogP contribution in [0.2, 0.25) is 0 Å². The van der Waals surface area contributed by atoms with Gasteiger partial charge in [0.15, 0.2) is 0 Å². The summed E-state index contributed by atoms with van der Waals surface area (Å²) in [6.07, 6.45) is 16.4. The fourth-order valence-electron chi connectivity index (χ4n) is 4.84. The van der Waals surface area contributed by atoms with Crippen molar-refractivity contribution in [1.29, 1.82) is 0 Å². The molecular weight excluding hydrogens is 410 g/mol. The smallest absolute Gasteiger partial charge is 0.0349 e. The molecule has 0 radical (unpaired) electrons. The zero-order valence-corrected chi connectivity index (χ0v) is 21.6. The van der Waals surface area contributed by atoms with Gasteiger partial charge < -0.3 is 0 Å². The van der Waals surface area contributed by atoms with Crippen molar-refractivity contribution < 1.29 is 0 Å². The van der Waals surface area contributed by atoms with E-state index in [2.05, 4.69) is 111 Å². The molecule has 0 N–H and O–H groups in total. The molecule has 1 heteroatoms. The summed E-state index contributed by atoms with van der Waals surface area (Å²) in [6, 6.07) is 22.0. The Labute approximate surface area is 208 Å². The first kappa shape index (κ1) is 25.8. The van der Waals surface area contributed by atoms with Crippen LogP contribution in [-0.2, 0) is 0 Å². The van der Waals surface area contributed by atoms with E-state index in [0.29, 0.717) is 12.0 Å². The number of terminal acetylenes is 1. The third-order valence-corrected chi connectivity index (χ3v) is 6.96. The molecule has 178 valence electrons. The van der Waals surface area contributed by atoms with Crippen LogP contribution in [0.25, 0.3) is 5.57 Å². The molecule has 0 aromatic heterocycles. The van der Waals surface area contributed by atoms with Gasteiger partial charge in [-0.3, -0.25) is 4.90 Å². The maximum Gasteiger partial charge on any atom is 0.0349 e. The van der Waals surface area contributed by atoms with Gasteiger partial charge in [-0.15, -0.1) is 6.42 Å². The molecule has 2 aromatic carbocycles. The van der Waals surface area contributed by atoms with Crippen LogP contribution in [0.5, 0.6) is 0 Å². The molecule has 0 saturated carbocycles. The molecule has 1 nitrogen and oxygen atoms in total. The van der Waals surface area contributed by atoms with Gasteiger partial charge in [-0.1, -0.05) is 105 Å². The molecule has 34 heavy (non-hydrogen) atoms. The average Bonchev–Trinajstić information content (AvgIpc) is 3.06. The molecule has 1 aliphatic carbocycles. The van der Waals surface area contributed by atoms with E-state index in [0.717, 1.165) is 37.9 Å². The van der Waals surface area contributed by atoms with E-state index in [4.69, 9.17) is 6.42 Å². The van der Waals surface area contributed by atoms with Gasteiger partial charge in [0.25, 0.3) is 0 Å². The fraction of sp³-hybridized carbons (Fsp3) is 0.394. The number of benzene rings is 2. The van der Waals surface area contributed by atoms with Crippen LogP contribution in [-0.4, -0.2) is 18.0 Å². The van der Waals surface area contributed by atoms with Crippen molar-refractivity contribution in [3.63, 3.8) is 0 Å². The molecule has 0 bridgehead atoms. The standard InChI is InChI=1S/C33H41N/c1-6-23-34(27(5)28-16-10-8-11-17-28)24-15-14-20-30-21-22-31(26(3)4)25-33(32(30)7-2)29-18-12-9-13-19-29/h2,8-13,16-19,21,25-27H,6,14-15,20,22-24H2,1,3-5H3. The molecule has 0 saturated heterocycles. The van der Waals surface area contributed by atoms with Crippen molar-refractivity contribution in [3.8, 4) is 12.3 Å². The van der Waals surface area contributed by atoms with Gasteiger partial charge in [0.05, 0.1) is 0 Å². The van der Waals surface area contributed by atoms with Gasteiger partial charge in [-0.05, 0) is 80.3 Å². The highest BCUT2D eigenvalue weighted by atomic mass is 15.1. The van der Waals surface area contributed by atoms with Gasteiger partial charge in [0.2, 0.25) is 0 Å². The van der Waals surface area contributed by atoms with E-state index in [1.54, 1.807) is 0 Å². The number of hydrogen-bond donors (Lipinski definition) is 0. The van der Waals surface area contributed by atoms with Gasteiger partial charge >= 0.3 is 0 Å². The lowest BCUT2D eigenvalue weighted by molar-refractivity contribution is 0.207. The second kappa shape index (κ2) is 13.2. The van der Waals surface area contributed by atoms with Crippen LogP contribution in [0.15, 0.2) is 89.5 Å². The molecule has 1 atom stereocenters. The molecule has 2 aromatic rings. The predicted molar refractivity (Wildman–Crippen MR) is 148 cm³/mol. The number of unbranched alkanes of at least 4 members (excludes halogenated alkanes) is 1. The Morgan fingerprint density at radius 3 is 2.21 bits per heavy atom. The summed E-state index contributed by atoms with van der Waals surface area (Å²) in [6.45, 7) is 11.4. The molecule has 0 amide bonds. The van der Waals surface area contributed by atoms with E-state index in [1.165, 1.54) is 40.7 Å². The number of rotatable bonds is 11. The summed E-state index contributed by atoms with van der Waals surface area (Å²) >= 11 is 0. The quantitative estimate of drug-likeness (QED) is 0.244. The van der Waals surface area contributed by atoms with Crippen molar-refractivity contribution in [2.45, 2.75) is 65.8 Å². The molecule has 1 unspecified atom stereocenters. The topological polar surface area (TPSA) is 3.24 Å². The Hall–Kier alpha value is -2.82. The van der Waals surface area contributed by atoms with E-state index in [9.17, 15) is 0 Å². The summed E-state index contributed by atoms with van der Waals surface area (Å²) in [5.41, 5.74) is 7.69. The van der Waals surface area contributed by atoms with Crippen LogP contribution >= 0.6 is 0 Å². The summed E-state index contributed by atoms with van der Waals surface area (Å²) in [4.78, 5) is 2.63. The summed E-state index contributed by atoms with van der Waals surface area (Å²) in [5, 5.41) is 0. The van der Waals surface area contributed by atoms with Crippen molar-refractivity contribution in [3.05, 3.63) is 101 Å². The molecule has 0 spiro atoms. The first-order valence-corrected chi connectivity index (χ1v) is 13.0. The SMILES string of the molecule is C#CC1=C(c2ccccc2)C=C(C(C)C)CC=C1CCCCN(CCC)C(C)c1ccccc1. The van der Waals surface area contributed by atoms with Crippen molar-refractivity contribution in [2.24, 2.45) is 5.92 Å². The molecule has 1 aliphatic rings. The maximum atomic E-state index is 6.12. The van der Waals surface area contributed by atoms with Crippen LogP contribution < -0.4 is 0 Å². The van der Waals surface area contributed by atoms with Gasteiger partial charge in [-0.25, -0.2) is 0 Å². The lowest BCUT2D eigenvalue weighted by atomic mass is 9.92. The fourth-order valence-corrected chi connectivity index (χ4v) is 4.84. The minimum atomic E-state index is 0.446. The Balaban J connectivity index is 1.72. The van der Waals surface area contributed by atoms with Gasteiger partial charge in [0.1, 0.15) is 0 Å².